The third-order valence-electron chi connectivity index (χ3n) is 3.95. The fourth-order valence-corrected chi connectivity index (χ4v) is 2.53. The molecule has 1 heterocycles. The number of amides is 2. The van der Waals surface area contributed by atoms with Gasteiger partial charge in [0, 0.05) is 23.0 Å². The van der Waals surface area contributed by atoms with Crippen LogP contribution in [0.15, 0.2) is 66.9 Å². The molecule has 7 heteroatoms. The first-order valence-electron chi connectivity index (χ1n) is 8.49. The van der Waals surface area contributed by atoms with Gasteiger partial charge in [0.1, 0.15) is 17.2 Å². The minimum Gasteiger partial charge on any atom is -0.497 e. The highest BCUT2D eigenvalue weighted by atomic mass is 16.5. The molecule has 0 bridgehead atoms. The first-order valence-corrected chi connectivity index (χ1v) is 8.49. The van der Waals surface area contributed by atoms with Gasteiger partial charge in [0.25, 0.3) is 5.91 Å². The maximum Gasteiger partial charge on any atom is 0.262 e. The van der Waals surface area contributed by atoms with Gasteiger partial charge < -0.3 is 20.5 Å². The minimum atomic E-state index is -0.524. The summed E-state index contributed by atoms with van der Waals surface area (Å²) in [6, 6.07) is 17.2. The molecule has 0 saturated carbocycles. The molecule has 0 aliphatic rings. The molecule has 0 aliphatic carbocycles. The second-order valence-electron chi connectivity index (χ2n) is 5.86. The SMILES string of the molecule is COc1ccc(-c2ncccc2OCC(=O)Nc2ccc(C(N)=O)cc2)cc1. The van der Waals surface area contributed by atoms with Crippen LogP contribution in [0.2, 0.25) is 0 Å². The quantitative estimate of drug-likeness (QED) is 0.659. The zero-order chi connectivity index (χ0) is 19.9. The Kier molecular flexibility index (Phi) is 5.86. The summed E-state index contributed by atoms with van der Waals surface area (Å²) in [7, 11) is 1.60. The van der Waals surface area contributed by atoms with E-state index in [0.717, 1.165) is 11.3 Å². The predicted molar refractivity (Wildman–Crippen MR) is 105 cm³/mol. The Balaban J connectivity index is 1.65. The van der Waals surface area contributed by atoms with E-state index in [1.165, 1.54) is 0 Å². The third-order valence-corrected chi connectivity index (χ3v) is 3.95. The van der Waals surface area contributed by atoms with Crippen LogP contribution in [0.25, 0.3) is 11.3 Å². The van der Waals surface area contributed by atoms with Crippen LogP contribution in [0.5, 0.6) is 11.5 Å². The maximum absolute atomic E-state index is 12.2. The highest BCUT2D eigenvalue weighted by molar-refractivity contribution is 5.95. The number of ether oxygens (including phenoxy) is 2. The van der Waals surface area contributed by atoms with E-state index in [-0.39, 0.29) is 12.5 Å². The van der Waals surface area contributed by atoms with E-state index in [4.69, 9.17) is 15.2 Å². The van der Waals surface area contributed by atoms with Crippen LogP contribution < -0.4 is 20.5 Å². The van der Waals surface area contributed by atoms with Gasteiger partial charge in [-0.25, -0.2) is 0 Å². The van der Waals surface area contributed by atoms with Crippen LogP contribution in [0, 0.1) is 0 Å². The van der Waals surface area contributed by atoms with Crippen molar-refractivity contribution in [3.63, 3.8) is 0 Å². The number of carbonyl (C=O) groups excluding carboxylic acids is 2. The number of methoxy groups -OCH3 is 1. The van der Waals surface area contributed by atoms with Crippen molar-refractivity contribution >= 4 is 17.5 Å². The second kappa shape index (κ2) is 8.68. The van der Waals surface area contributed by atoms with Crippen molar-refractivity contribution in [3.05, 3.63) is 72.4 Å². The molecule has 0 spiro atoms. The van der Waals surface area contributed by atoms with Gasteiger partial charge in [-0.2, -0.15) is 0 Å². The largest absolute Gasteiger partial charge is 0.497 e. The van der Waals surface area contributed by atoms with Crippen molar-refractivity contribution < 1.29 is 19.1 Å². The molecule has 28 heavy (non-hydrogen) atoms. The van der Waals surface area contributed by atoms with Crippen LogP contribution in [-0.2, 0) is 4.79 Å². The predicted octanol–water partition coefficient (Wildman–Crippen LogP) is 2.87. The first-order chi connectivity index (χ1) is 13.6. The molecule has 1 aromatic heterocycles. The van der Waals surface area contributed by atoms with E-state index >= 15 is 0 Å². The number of carbonyl (C=O) groups is 2. The smallest absolute Gasteiger partial charge is 0.262 e. The van der Waals surface area contributed by atoms with Gasteiger partial charge in [0.15, 0.2) is 6.61 Å². The summed E-state index contributed by atoms with van der Waals surface area (Å²) in [5.74, 6) is 0.371. The molecule has 0 radical (unpaired) electrons. The van der Waals surface area contributed by atoms with E-state index in [1.54, 1.807) is 49.7 Å². The number of nitrogens with one attached hydrogen (secondary N) is 1. The molecule has 3 N–H and O–H groups in total. The van der Waals surface area contributed by atoms with E-state index < -0.39 is 5.91 Å². The van der Waals surface area contributed by atoms with Gasteiger partial charge in [-0.1, -0.05) is 0 Å². The lowest BCUT2D eigenvalue weighted by molar-refractivity contribution is -0.118. The number of hydrogen-bond acceptors (Lipinski definition) is 5. The summed E-state index contributed by atoms with van der Waals surface area (Å²) in [5.41, 5.74) is 7.58. The Morgan fingerprint density at radius 1 is 1.04 bits per heavy atom. The van der Waals surface area contributed by atoms with E-state index in [9.17, 15) is 9.59 Å². The average Bonchev–Trinajstić information content (AvgIpc) is 2.73. The maximum atomic E-state index is 12.2. The standard InChI is InChI=1S/C21H19N3O4/c1-27-17-10-6-14(7-11-17)20-18(3-2-12-23-20)28-13-19(25)24-16-8-4-15(5-9-16)21(22)26/h2-12H,13H2,1H3,(H2,22,26)(H,24,25). The number of benzene rings is 2. The monoisotopic (exact) mass is 377 g/mol. The molecule has 2 amide bonds. The molecular formula is C21H19N3O4. The van der Waals surface area contributed by atoms with Gasteiger partial charge in [-0.05, 0) is 60.7 Å². The van der Waals surface area contributed by atoms with Crippen molar-refractivity contribution in [2.24, 2.45) is 5.73 Å². The number of hydrogen-bond donors (Lipinski definition) is 2. The number of pyridine rings is 1. The Labute approximate surface area is 162 Å². The van der Waals surface area contributed by atoms with Gasteiger partial charge in [0.05, 0.1) is 7.11 Å². The average molecular weight is 377 g/mol. The number of nitrogens with zero attached hydrogens (tertiary/aromatic N) is 1. The van der Waals surface area contributed by atoms with Crippen LogP contribution in [-0.4, -0.2) is 30.5 Å². The highest BCUT2D eigenvalue weighted by Crippen LogP contribution is 2.28. The lowest BCUT2D eigenvalue weighted by Gasteiger charge is -2.11. The number of anilines is 1. The highest BCUT2D eigenvalue weighted by Gasteiger charge is 2.10. The molecular weight excluding hydrogens is 358 g/mol. The molecule has 3 aromatic rings. The lowest BCUT2D eigenvalue weighted by Crippen LogP contribution is -2.20. The Morgan fingerprint density at radius 3 is 2.39 bits per heavy atom. The van der Waals surface area contributed by atoms with Crippen molar-refractivity contribution in [1.29, 1.82) is 0 Å². The van der Waals surface area contributed by atoms with Crippen LogP contribution in [0.1, 0.15) is 10.4 Å². The van der Waals surface area contributed by atoms with Gasteiger partial charge in [-0.15, -0.1) is 0 Å². The van der Waals surface area contributed by atoms with E-state index in [1.807, 2.05) is 24.3 Å². The number of rotatable bonds is 7. The van der Waals surface area contributed by atoms with Gasteiger partial charge in [0.2, 0.25) is 5.91 Å². The molecule has 0 aliphatic heterocycles. The minimum absolute atomic E-state index is 0.188. The van der Waals surface area contributed by atoms with Gasteiger partial charge >= 0.3 is 0 Å². The Hall–Kier alpha value is -3.87. The zero-order valence-corrected chi connectivity index (χ0v) is 15.2. The van der Waals surface area contributed by atoms with Crippen molar-refractivity contribution in [2.75, 3.05) is 19.0 Å². The molecule has 0 atom stereocenters. The summed E-state index contributed by atoms with van der Waals surface area (Å²) in [4.78, 5) is 27.6. The Bertz CT molecular complexity index is 970. The number of primary amides is 1. The zero-order valence-electron chi connectivity index (χ0n) is 15.2. The first kappa shape index (κ1) is 18.9. The normalized spacial score (nSPS) is 10.2. The lowest BCUT2D eigenvalue weighted by atomic mass is 10.1. The van der Waals surface area contributed by atoms with Crippen LogP contribution >= 0.6 is 0 Å². The third kappa shape index (κ3) is 4.64. The fourth-order valence-electron chi connectivity index (χ4n) is 2.53. The molecule has 0 unspecified atom stereocenters. The van der Waals surface area contributed by atoms with Crippen molar-refractivity contribution in [2.45, 2.75) is 0 Å². The second-order valence-corrected chi connectivity index (χ2v) is 5.86. The molecule has 0 saturated heterocycles. The molecule has 2 aromatic carbocycles. The summed E-state index contributed by atoms with van der Waals surface area (Å²) in [5, 5.41) is 2.70. The molecule has 3 rings (SSSR count). The summed E-state index contributed by atoms with van der Waals surface area (Å²) in [6.45, 7) is -0.188. The van der Waals surface area contributed by atoms with E-state index in [2.05, 4.69) is 10.3 Å². The number of nitrogens with two attached hydrogens (primary N) is 1. The van der Waals surface area contributed by atoms with Crippen molar-refractivity contribution in [3.8, 4) is 22.8 Å². The van der Waals surface area contributed by atoms with Gasteiger partial charge in [-0.3, -0.25) is 14.6 Å². The fraction of sp³-hybridized carbons (Fsp3) is 0.0952. The van der Waals surface area contributed by atoms with Crippen LogP contribution in [0.3, 0.4) is 0 Å². The Morgan fingerprint density at radius 2 is 1.75 bits per heavy atom. The summed E-state index contributed by atoms with van der Waals surface area (Å²) < 4.78 is 10.8. The number of aromatic nitrogens is 1. The molecule has 0 fully saturated rings. The van der Waals surface area contributed by atoms with Crippen molar-refractivity contribution in [1.82, 2.24) is 4.98 Å². The molecule has 7 nitrogen and oxygen atoms in total. The van der Waals surface area contributed by atoms with E-state index in [0.29, 0.717) is 22.7 Å². The van der Waals surface area contributed by atoms with Crippen LogP contribution in [0.4, 0.5) is 5.69 Å². The topological polar surface area (TPSA) is 104 Å². The molecule has 142 valence electrons. The summed E-state index contributed by atoms with van der Waals surface area (Å²) >= 11 is 0. The summed E-state index contributed by atoms with van der Waals surface area (Å²) in [6.07, 6.45) is 1.66.